The van der Waals surface area contributed by atoms with Crippen molar-refractivity contribution in [1.29, 1.82) is 0 Å². The lowest BCUT2D eigenvalue weighted by atomic mass is 10.1. The van der Waals surface area contributed by atoms with Crippen molar-refractivity contribution in [3.8, 4) is 0 Å². The van der Waals surface area contributed by atoms with Gasteiger partial charge in [-0.3, -0.25) is 0 Å². The Kier molecular flexibility index (Phi) is 4.73. The van der Waals surface area contributed by atoms with Gasteiger partial charge in [0.05, 0.1) is 0 Å². The van der Waals surface area contributed by atoms with Gasteiger partial charge in [0.1, 0.15) is 0 Å². The summed E-state index contributed by atoms with van der Waals surface area (Å²) < 4.78 is 0. The second-order valence-corrected chi connectivity index (χ2v) is 4.06. The van der Waals surface area contributed by atoms with Crippen LogP contribution in [0, 0.1) is 0 Å². The molecule has 1 fully saturated rings. The molecule has 1 heterocycles. The minimum absolute atomic E-state index is 0.00406. The molecule has 82 valence electrons. The molecule has 0 aromatic carbocycles. The molecule has 0 aromatic heterocycles. The van der Waals surface area contributed by atoms with Gasteiger partial charge < -0.3 is 15.5 Å². The molecule has 1 saturated heterocycles. The van der Waals surface area contributed by atoms with Crippen molar-refractivity contribution in [2.75, 3.05) is 27.2 Å². The summed E-state index contributed by atoms with van der Waals surface area (Å²) in [6.45, 7) is 1.95. The summed E-state index contributed by atoms with van der Waals surface area (Å²) in [4.78, 5) is 12.7. The average Bonchev–Trinajstić information content (AvgIpc) is 2.64. The quantitative estimate of drug-likeness (QED) is 0.657. The van der Waals surface area contributed by atoms with Crippen molar-refractivity contribution in [2.45, 2.75) is 31.7 Å². The standard InChI is InChI=1S/C10H21N3O/c1-13(2)10(14)12-8-4-6-9-5-3-7-11-9/h9,11H,3-8H2,1-2H3,(H,12,14). The van der Waals surface area contributed by atoms with Crippen LogP contribution < -0.4 is 10.6 Å². The summed E-state index contributed by atoms with van der Waals surface area (Å²) in [7, 11) is 3.52. The Bertz CT molecular complexity index is 176. The van der Waals surface area contributed by atoms with Gasteiger partial charge in [0, 0.05) is 26.7 Å². The first kappa shape index (κ1) is 11.3. The maximum atomic E-state index is 11.1. The molecule has 4 nitrogen and oxygen atoms in total. The van der Waals surface area contributed by atoms with E-state index in [0.29, 0.717) is 6.04 Å². The van der Waals surface area contributed by atoms with Crippen LogP contribution in [0.15, 0.2) is 0 Å². The van der Waals surface area contributed by atoms with Gasteiger partial charge in [-0.05, 0) is 32.2 Å². The largest absolute Gasteiger partial charge is 0.338 e. The molecule has 0 bridgehead atoms. The zero-order chi connectivity index (χ0) is 10.4. The van der Waals surface area contributed by atoms with Gasteiger partial charge in [0.15, 0.2) is 0 Å². The number of urea groups is 1. The van der Waals surface area contributed by atoms with Crippen LogP contribution in [0.1, 0.15) is 25.7 Å². The predicted molar refractivity (Wildman–Crippen MR) is 57.3 cm³/mol. The molecular formula is C10H21N3O. The highest BCUT2D eigenvalue weighted by atomic mass is 16.2. The van der Waals surface area contributed by atoms with E-state index in [-0.39, 0.29) is 6.03 Å². The molecule has 1 unspecified atom stereocenters. The number of carbonyl (C=O) groups excluding carboxylic acids is 1. The van der Waals surface area contributed by atoms with Crippen molar-refractivity contribution in [3.05, 3.63) is 0 Å². The number of hydrogen-bond donors (Lipinski definition) is 2. The lowest BCUT2D eigenvalue weighted by molar-refractivity contribution is 0.217. The fourth-order valence-corrected chi connectivity index (χ4v) is 1.71. The first-order valence-electron chi connectivity index (χ1n) is 5.38. The minimum atomic E-state index is 0.00406. The second kappa shape index (κ2) is 5.86. The van der Waals surface area contributed by atoms with Crippen molar-refractivity contribution >= 4 is 6.03 Å². The number of nitrogens with zero attached hydrogens (tertiary/aromatic N) is 1. The molecule has 4 heteroatoms. The lowest BCUT2D eigenvalue weighted by Gasteiger charge is -2.13. The Labute approximate surface area is 86.0 Å². The number of rotatable bonds is 4. The van der Waals surface area contributed by atoms with E-state index in [1.807, 2.05) is 0 Å². The maximum absolute atomic E-state index is 11.1. The second-order valence-electron chi connectivity index (χ2n) is 4.06. The van der Waals surface area contributed by atoms with Gasteiger partial charge in [0.25, 0.3) is 0 Å². The Morgan fingerprint density at radius 2 is 2.36 bits per heavy atom. The number of hydrogen-bond acceptors (Lipinski definition) is 2. The Balaban J connectivity index is 1.96. The van der Waals surface area contributed by atoms with E-state index in [0.717, 1.165) is 19.5 Å². The molecule has 0 aliphatic carbocycles. The highest BCUT2D eigenvalue weighted by molar-refractivity contribution is 5.73. The Hall–Kier alpha value is -0.770. The molecule has 0 aromatic rings. The summed E-state index contributed by atoms with van der Waals surface area (Å²) in [6.07, 6.45) is 4.83. The van der Waals surface area contributed by atoms with Gasteiger partial charge in [-0.2, -0.15) is 0 Å². The topological polar surface area (TPSA) is 44.4 Å². The van der Waals surface area contributed by atoms with Crippen LogP contribution in [0.4, 0.5) is 4.79 Å². The van der Waals surface area contributed by atoms with Crippen molar-refractivity contribution in [3.63, 3.8) is 0 Å². The van der Waals surface area contributed by atoms with Gasteiger partial charge in [-0.15, -0.1) is 0 Å². The van der Waals surface area contributed by atoms with Crippen LogP contribution in [0.25, 0.3) is 0 Å². The Morgan fingerprint density at radius 1 is 1.57 bits per heavy atom. The third-order valence-corrected chi connectivity index (χ3v) is 2.57. The number of carbonyl (C=O) groups is 1. The highest BCUT2D eigenvalue weighted by Gasteiger charge is 2.12. The third kappa shape index (κ3) is 3.96. The summed E-state index contributed by atoms with van der Waals surface area (Å²) in [5.41, 5.74) is 0. The van der Waals surface area contributed by atoms with E-state index in [1.54, 1.807) is 19.0 Å². The van der Waals surface area contributed by atoms with Crippen LogP contribution >= 0.6 is 0 Å². The van der Waals surface area contributed by atoms with Crippen LogP contribution in [0.2, 0.25) is 0 Å². The highest BCUT2D eigenvalue weighted by Crippen LogP contribution is 2.09. The molecule has 1 rings (SSSR count). The normalized spacial score (nSPS) is 20.9. The van der Waals surface area contributed by atoms with E-state index >= 15 is 0 Å². The molecule has 0 radical (unpaired) electrons. The SMILES string of the molecule is CN(C)C(=O)NCCCC1CCCN1. The molecule has 1 atom stereocenters. The predicted octanol–water partition coefficient (Wildman–Crippen LogP) is 0.790. The van der Waals surface area contributed by atoms with E-state index in [1.165, 1.54) is 19.3 Å². The summed E-state index contributed by atoms with van der Waals surface area (Å²) in [5.74, 6) is 0. The Morgan fingerprint density at radius 3 is 2.93 bits per heavy atom. The summed E-state index contributed by atoms with van der Waals surface area (Å²) >= 11 is 0. The van der Waals surface area contributed by atoms with Crippen LogP contribution in [0.5, 0.6) is 0 Å². The monoisotopic (exact) mass is 199 g/mol. The number of amides is 2. The first-order chi connectivity index (χ1) is 6.70. The molecule has 14 heavy (non-hydrogen) atoms. The van der Waals surface area contributed by atoms with E-state index in [4.69, 9.17) is 0 Å². The minimum Gasteiger partial charge on any atom is -0.338 e. The zero-order valence-electron chi connectivity index (χ0n) is 9.18. The molecule has 2 amide bonds. The average molecular weight is 199 g/mol. The molecule has 0 spiro atoms. The van der Waals surface area contributed by atoms with E-state index < -0.39 is 0 Å². The van der Waals surface area contributed by atoms with Crippen molar-refractivity contribution in [1.82, 2.24) is 15.5 Å². The van der Waals surface area contributed by atoms with Crippen molar-refractivity contribution < 1.29 is 4.79 Å². The van der Waals surface area contributed by atoms with Crippen LogP contribution in [-0.4, -0.2) is 44.2 Å². The third-order valence-electron chi connectivity index (χ3n) is 2.57. The van der Waals surface area contributed by atoms with Gasteiger partial charge in [-0.1, -0.05) is 0 Å². The summed E-state index contributed by atoms with van der Waals surface area (Å²) in [5, 5.41) is 6.31. The van der Waals surface area contributed by atoms with Gasteiger partial charge in [-0.25, -0.2) is 4.79 Å². The smallest absolute Gasteiger partial charge is 0.316 e. The molecule has 1 aliphatic rings. The molecular weight excluding hydrogens is 178 g/mol. The maximum Gasteiger partial charge on any atom is 0.316 e. The van der Waals surface area contributed by atoms with E-state index in [9.17, 15) is 4.79 Å². The number of nitrogens with one attached hydrogen (secondary N) is 2. The fourth-order valence-electron chi connectivity index (χ4n) is 1.71. The fraction of sp³-hybridized carbons (Fsp3) is 0.900. The molecule has 2 N–H and O–H groups in total. The van der Waals surface area contributed by atoms with Crippen LogP contribution in [0.3, 0.4) is 0 Å². The van der Waals surface area contributed by atoms with Gasteiger partial charge >= 0.3 is 6.03 Å². The zero-order valence-corrected chi connectivity index (χ0v) is 9.18. The van der Waals surface area contributed by atoms with Crippen molar-refractivity contribution in [2.24, 2.45) is 0 Å². The van der Waals surface area contributed by atoms with Crippen LogP contribution in [-0.2, 0) is 0 Å². The van der Waals surface area contributed by atoms with E-state index in [2.05, 4.69) is 10.6 Å². The summed E-state index contributed by atoms with van der Waals surface area (Å²) in [6, 6.07) is 0.690. The molecule has 0 saturated carbocycles. The first-order valence-corrected chi connectivity index (χ1v) is 5.38. The van der Waals surface area contributed by atoms with Gasteiger partial charge in [0.2, 0.25) is 0 Å². The molecule has 1 aliphatic heterocycles. The lowest BCUT2D eigenvalue weighted by Crippen LogP contribution is -2.35.